The van der Waals surface area contributed by atoms with Crippen molar-refractivity contribution in [1.82, 2.24) is 0 Å². The lowest BCUT2D eigenvalue weighted by Gasteiger charge is -2.11. The summed E-state index contributed by atoms with van der Waals surface area (Å²) in [6.07, 6.45) is -0.0956. The van der Waals surface area contributed by atoms with Crippen LogP contribution in [-0.2, 0) is 11.2 Å². The quantitative estimate of drug-likeness (QED) is 0.734. The largest absolute Gasteiger partial charge is 0.477 e. The van der Waals surface area contributed by atoms with Gasteiger partial charge < -0.3 is 5.11 Å². The second-order valence-corrected chi connectivity index (χ2v) is 6.06. The number of para-hydroxylation sites is 1. The van der Waals surface area contributed by atoms with Crippen LogP contribution in [0.1, 0.15) is 15.2 Å². The van der Waals surface area contributed by atoms with Crippen LogP contribution in [0, 0.1) is 0 Å². The van der Waals surface area contributed by atoms with Crippen molar-refractivity contribution in [3.05, 3.63) is 65.0 Å². The van der Waals surface area contributed by atoms with Crippen molar-refractivity contribution in [2.75, 3.05) is 5.12 Å². The fraction of sp³-hybridized carbons (Fsp3) is 0.0588. The fourth-order valence-corrected chi connectivity index (χ4v) is 3.20. The molecule has 0 unspecified atom stereocenters. The van der Waals surface area contributed by atoms with Gasteiger partial charge in [0.2, 0.25) is 0 Å². The maximum Gasteiger partial charge on any atom is 0.345 e. The summed E-state index contributed by atoms with van der Waals surface area (Å²) in [5.74, 6) is -1.66. The second-order valence-electron chi connectivity index (χ2n) is 4.97. The zero-order valence-corrected chi connectivity index (χ0v) is 12.7. The Balaban J connectivity index is 1.81. The van der Waals surface area contributed by atoms with Crippen LogP contribution in [-0.4, -0.2) is 17.0 Å². The van der Waals surface area contributed by atoms with Crippen molar-refractivity contribution >= 4 is 39.0 Å². The highest BCUT2D eigenvalue weighted by Gasteiger charge is 2.16. The summed E-state index contributed by atoms with van der Waals surface area (Å²) in [7, 11) is 0. The molecule has 1 N–H and O–H groups in total. The number of amides is 1. The molecule has 4 nitrogen and oxygen atoms in total. The number of carboxylic acid groups (broad SMARTS) is 1. The summed E-state index contributed by atoms with van der Waals surface area (Å²) >= 11 is 1.13. The number of fused-ring (bicyclic) bond motifs is 1. The van der Waals surface area contributed by atoms with Gasteiger partial charge in [-0.2, -0.15) is 0 Å². The van der Waals surface area contributed by atoms with Crippen LogP contribution in [0.4, 0.5) is 10.2 Å². The maximum atomic E-state index is 14.0. The van der Waals surface area contributed by atoms with Crippen molar-refractivity contribution in [3.8, 4) is 0 Å². The molecule has 6 heteroatoms. The summed E-state index contributed by atoms with van der Waals surface area (Å²) in [4.78, 5) is 23.2. The van der Waals surface area contributed by atoms with E-state index in [-0.39, 0.29) is 22.1 Å². The molecule has 116 valence electrons. The second kappa shape index (κ2) is 6.18. The third-order valence-corrected chi connectivity index (χ3v) is 4.44. The number of benzene rings is 2. The van der Waals surface area contributed by atoms with Gasteiger partial charge in [0.1, 0.15) is 4.88 Å². The maximum absolute atomic E-state index is 14.0. The molecule has 0 fully saturated rings. The van der Waals surface area contributed by atoms with Gasteiger partial charge in [0.15, 0.2) is 0 Å². The van der Waals surface area contributed by atoms with Crippen LogP contribution < -0.4 is 5.12 Å². The molecular weight excluding hydrogens is 317 g/mol. The molecule has 0 aliphatic rings. The zero-order chi connectivity index (χ0) is 16.4. The SMILES string of the molecule is O=C(O)c1cc2ccc(CC(=O)N(F)c3ccccc3)cc2s1. The van der Waals surface area contributed by atoms with Crippen molar-refractivity contribution in [2.45, 2.75) is 6.42 Å². The predicted octanol–water partition coefficient (Wildman–Crippen LogP) is 4.06. The Kier molecular flexibility index (Phi) is 4.08. The first-order valence-corrected chi connectivity index (χ1v) is 7.66. The summed E-state index contributed by atoms with van der Waals surface area (Å²) < 4.78 is 14.8. The van der Waals surface area contributed by atoms with E-state index in [0.717, 1.165) is 21.4 Å². The molecule has 0 saturated carbocycles. The molecule has 1 amide bonds. The Hall–Kier alpha value is -2.73. The van der Waals surface area contributed by atoms with Gasteiger partial charge in [-0.25, -0.2) is 4.79 Å². The normalized spacial score (nSPS) is 10.7. The van der Waals surface area contributed by atoms with Gasteiger partial charge in [0.25, 0.3) is 5.91 Å². The van der Waals surface area contributed by atoms with E-state index < -0.39 is 11.9 Å². The van der Waals surface area contributed by atoms with Gasteiger partial charge in [-0.1, -0.05) is 34.8 Å². The Bertz CT molecular complexity index is 876. The number of carbonyl (C=O) groups excluding carboxylic acids is 1. The number of carboxylic acids is 1. The van der Waals surface area contributed by atoms with Crippen LogP contribution >= 0.6 is 11.3 Å². The number of hydrogen-bond acceptors (Lipinski definition) is 3. The standard InChI is InChI=1S/C17H12FNO3S/c18-19(13-4-2-1-3-5-13)16(20)9-11-6-7-12-10-15(17(21)22)23-14(12)8-11/h1-8,10H,9H2,(H,21,22). The molecule has 0 aliphatic heterocycles. The van der Waals surface area contributed by atoms with Crippen LogP contribution in [0.25, 0.3) is 10.1 Å². The Morgan fingerprint density at radius 1 is 1.09 bits per heavy atom. The fourth-order valence-electron chi connectivity index (χ4n) is 2.24. The monoisotopic (exact) mass is 329 g/mol. The molecule has 0 saturated heterocycles. The number of hydrogen-bond donors (Lipinski definition) is 1. The van der Waals surface area contributed by atoms with Crippen LogP contribution in [0.3, 0.4) is 0 Å². The number of anilines is 1. The Labute approximate surface area is 135 Å². The molecule has 2 aromatic carbocycles. The number of carbonyl (C=O) groups is 2. The third-order valence-electron chi connectivity index (χ3n) is 3.35. The van der Waals surface area contributed by atoms with Gasteiger partial charge in [-0.05, 0) is 35.2 Å². The average molecular weight is 329 g/mol. The zero-order valence-electron chi connectivity index (χ0n) is 11.9. The number of thiophene rings is 1. The van der Waals surface area contributed by atoms with Crippen molar-refractivity contribution in [2.24, 2.45) is 0 Å². The van der Waals surface area contributed by atoms with Crippen LogP contribution in [0.15, 0.2) is 54.6 Å². The molecule has 23 heavy (non-hydrogen) atoms. The highest BCUT2D eigenvalue weighted by Crippen LogP contribution is 2.27. The minimum atomic E-state index is -0.983. The topological polar surface area (TPSA) is 57.6 Å². The van der Waals surface area contributed by atoms with Gasteiger partial charge in [-0.15, -0.1) is 16.5 Å². The summed E-state index contributed by atoms with van der Waals surface area (Å²) in [5.41, 5.74) is 0.822. The molecule has 3 aromatic rings. The van der Waals surface area contributed by atoms with Crippen LogP contribution in [0.5, 0.6) is 0 Å². The minimum Gasteiger partial charge on any atom is -0.477 e. The molecule has 1 heterocycles. The highest BCUT2D eigenvalue weighted by molar-refractivity contribution is 7.20. The molecule has 0 bridgehead atoms. The van der Waals surface area contributed by atoms with Crippen LogP contribution in [0.2, 0.25) is 0 Å². The summed E-state index contributed by atoms with van der Waals surface area (Å²) in [6, 6.07) is 14.8. The molecule has 0 atom stereocenters. The lowest BCUT2D eigenvalue weighted by Crippen LogP contribution is -2.23. The first-order chi connectivity index (χ1) is 11.0. The van der Waals surface area contributed by atoms with E-state index in [1.54, 1.807) is 42.5 Å². The van der Waals surface area contributed by atoms with E-state index >= 15 is 0 Å². The molecule has 1 aromatic heterocycles. The van der Waals surface area contributed by atoms with Gasteiger partial charge >= 0.3 is 5.97 Å². The summed E-state index contributed by atoms with van der Waals surface area (Å²) in [5, 5.41) is 9.92. The lowest BCUT2D eigenvalue weighted by atomic mass is 10.1. The van der Waals surface area contributed by atoms with Crippen molar-refractivity contribution in [1.29, 1.82) is 0 Å². The van der Waals surface area contributed by atoms with E-state index in [1.165, 1.54) is 12.1 Å². The molecule has 3 rings (SSSR count). The molecule has 0 spiro atoms. The molecule has 0 aliphatic carbocycles. The first kappa shape index (κ1) is 15.2. The number of nitrogens with zero attached hydrogens (tertiary/aromatic N) is 1. The van der Waals surface area contributed by atoms with E-state index in [1.807, 2.05) is 0 Å². The summed E-state index contributed by atoms with van der Waals surface area (Å²) in [6.45, 7) is 0. The Morgan fingerprint density at radius 3 is 2.52 bits per heavy atom. The van der Waals surface area contributed by atoms with Gasteiger partial charge in [0.05, 0.1) is 12.1 Å². The van der Waals surface area contributed by atoms with E-state index in [4.69, 9.17) is 5.11 Å². The minimum absolute atomic E-state index is 0.0956. The smallest absolute Gasteiger partial charge is 0.345 e. The van der Waals surface area contributed by atoms with E-state index in [9.17, 15) is 14.1 Å². The number of halogens is 1. The van der Waals surface area contributed by atoms with Gasteiger partial charge in [0, 0.05) is 4.70 Å². The molecular formula is C17H12FNO3S. The van der Waals surface area contributed by atoms with Gasteiger partial charge in [-0.3, -0.25) is 4.79 Å². The predicted molar refractivity (Wildman–Crippen MR) is 87.5 cm³/mol. The lowest BCUT2D eigenvalue weighted by molar-refractivity contribution is -0.120. The Morgan fingerprint density at radius 2 is 1.83 bits per heavy atom. The average Bonchev–Trinajstić information content (AvgIpc) is 2.98. The van der Waals surface area contributed by atoms with Crippen molar-refractivity contribution < 1.29 is 19.2 Å². The molecule has 0 radical (unpaired) electrons. The first-order valence-electron chi connectivity index (χ1n) is 6.84. The number of rotatable bonds is 4. The van der Waals surface area contributed by atoms with E-state index in [0.29, 0.717) is 5.56 Å². The highest BCUT2D eigenvalue weighted by atomic mass is 32.1. The number of aromatic carboxylic acids is 1. The van der Waals surface area contributed by atoms with E-state index in [2.05, 4.69) is 0 Å². The van der Waals surface area contributed by atoms with Crippen molar-refractivity contribution in [3.63, 3.8) is 0 Å². The third kappa shape index (κ3) is 3.22.